The fraction of sp³-hybridized carbons (Fsp3) is 0.250. The zero-order valence-corrected chi connectivity index (χ0v) is 12.1. The van der Waals surface area contributed by atoms with Crippen molar-refractivity contribution in [2.24, 2.45) is 0 Å². The number of halogens is 2. The lowest BCUT2D eigenvalue weighted by atomic mass is 10.2. The molecule has 106 valence electrons. The molecule has 0 radical (unpaired) electrons. The number of ether oxygens (including phenoxy) is 1. The van der Waals surface area contributed by atoms with Crippen molar-refractivity contribution >= 4 is 17.3 Å². The summed E-state index contributed by atoms with van der Waals surface area (Å²) < 4.78 is 19.1. The van der Waals surface area contributed by atoms with Crippen LogP contribution in [0.2, 0.25) is 5.02 Å². The van der Waals surface area contributed by atoms with Crippen LogP contribution in [0.5, 0.6) is 5.75 Å². The van der Waals surface area contributed by atoms with Crippen LogP contribution in [0, 0.1) is 5.82 Å². The van der Waals surface area contributed by atoms with Gasteiger partial charge in [0.1, 0.15) is 11.6 Å². The van der Waals surface area contributed by atoms with Crippen molar-refractivity contribution in [3.05, 3.63) is 58.9 Å². The maximum Gasteiger partial charge on any atom is 0.146 e. The molecule has 0 aromatic heterocycles. The molecule has 0 amide bonds. The van der Waals surface area contributed by atoms with E-state index in [9.17, 15) is 4.39 Å². The lowest BCUT2D eigenvalue weighted by molar-refractivity contribution is 0.317. The molecule has 2 aromatic rings. The van der Waals surface area contributed by atoms with Crippen LogP contribution in [-0.2, 0) is 6.54 Å². The molecule has 1 N–H and O–H groups in total. The van der Waals surface area contributed by atoms with Gasteiger partial charge in [0.25, 0.3) is 0 Å². The highest BCUT2D eigenvalue weighted by Gasteiger charge is 2.03. The van der Waals surface area contributed by atoms with Crippen LogP contribution < -0.4 is 10.1 Å². The van der Waals surface area contributed by atoms with Gasteiger partial charge in [0.05, 0.1) is 12.3 Å². The minimum atomic E-state index is -0.312. The first-order valence-electron chi connectivity index (χ1n) is 6.59. The maximum atomic E-state index is 13.6. The number of hydrogen-bond acceptors (Lipinski definition) is 2. The standard InChI is InChI=1S/C16H17ClFNO/c1-2-8-20-14-5-3-4-12(9-14)11-19-16-10-13(17)6-7-15(16)18/h3-7,9-10,19H,2,8,11H2,1H3. The van der Waals surface area contributed by atoms with Gasteiger partial charge in [-0.05, 0) is 42.3 Å². The summed E-state index contributed by atoms with van der Waals surface area (Å²) in [5, 5.41) is 3.55. The lowest BCUT2D eigenvalue weighted by Gasteiger charge is -2.10. The van der Waals surface area contributed by atoms with E-state index >= 15 is 0 Å². The van der Waals surface area contributed by atoms with Gasteiger partial charge < -0.3 is 10.1 Å². The van der Waals surface area contributed by atoms with E-state index in [2.05, 4.69) is 12.2 Å². The molecule has 0 aliphatic heterocycles. The van der Waals surface area contributed by atoms with Crippen molar-refractivity contribution in [3.63, 3.8) is 0 Å². The molecule has 0 fully saturated rings. The fourth-order valence-corrected chi connectivity index (χ4v) is 1.97. The molecular formula is C16H17ClFNO. The molecule has 0 bridgehead atoms. The summed E-state index contributed by atoms with van der Waals surface area (Å²) in [6.07, 6.45) is 0.968. The Hall–Kier alpha value is -1.74. The summed E-state index contributed by atoms with van der Waals surface area (Å²) in [7, 11) is 0. The van der Waals surface area contributed by atoms with Crippen molar-refractivity contribution in [1.29, 1.82) is 0 Å². The van der Waals surface area contributed by atoms with Gasteiger partial charge in [-0.25, -0.2) is 4.39 Å². The van der Waals surface area contributed by atoms with Crippen LogP contribution in [0.3, 0.4) is 0 Å². The average Bonchev–Trinajstić information content (AvgIpc) is 2.46. The van der Waals surface area contributed by atoms with Crippen LogP contribution in [-0.4, -0.2) is 6.61 Å². The first kappa shape index (κ1) is 14.7. The van der Waals surface area contributed by atoms with Crippen LogP contribution in [0.1, 0.15) is 18.9 Å². The van der Waals surface area contributed by atoms with Crippen molar-refractivity contribution < 1.29 is 9.13 Å². The highest BCUT2D eigenvalue weighted by atomic mass is 35.5. The van der Waals surface area contributed by atoms with Gasteiger partial charge in [-0.15, -0.1) is 0 Å². The zero-order valence-electron chi connectivity index (χ0n) is 11.3. The highest BCUT2D eigenvalue weighted by molar-refractivity contribution is 6.30. The molecule has 0 heterocycles. The van der Waals surface area contributed by atoms with E-state index in [1.165, 1.54) is 12.1 Å². The summed E-state index contributed by atoms with van der Waals surface area (Å²) in [5.41, 5.74) is 1.43. The summed E-state index contributed by atoms with van der Waals surface area (Å²) >= 11 is 5.85. The van der Waals surface area contributed by atoms with Crippen LogP contribution in [0.4, 0.5) is 10.1 Å². The van der Waals surface area contributed by atoms with Crippen LogP contribution in [0.15, 0.2) is 42.5 Å². The molecule has 20 heavy (non-hydrogen) atoms. The summed E-state index contributed by atoms with van der Waals surface area (Å²) in [6.45, 7) is 3.27. The van der Waals surface area contributed by atoms with Gasteiger partial charge in [0.2, 0.25) is 0 Å². The lowest BCUT2D eigenvalue weighted by Crippen LogP contribution is -2.02. The summed E-state index contributed by atoms with van der Waals surface area (Å²) in [4.78, 5) is 0. The number of nitrogens with one attached hydrogen (secondary N) is 1. The Labute approximate surface area is 123 Å². The minimum Gasteiger partial charge on any atom is -0.494 e. The first-order chi connectivity index (χ1) is 9.69. The largest absolute Gasteiger partial charge is 0.494 e. The SMILES string of the molecule is CCCOc1cccc(CNc2cc(Cl)ccc2F)c1. The van der Waals surface area contributed by atoms with Gasteiger partial charge in [-0.2, -0.15) is 0 Å². The zero-order chi connectivity index (χ0) is 14.4. The summed E-state index contributed by atoms with van der Waals surface area (Å²) in [6, 6.07) is 12.2. The molecule has 4 heteroatoms. The molecule has 0 aliphatic rings. The van der Waals surface area contributed by atoms with Gasteiger partial charge in [-0.1, -0.05) is 30.7 Å². The predicted molar refractivity (Wildman–Crippen MR) is 81.0 cm³/mol. The summed E-state index contributed by atoms with van der Waals surface area (Å²) in [5.74, 6) is 0.519. The smallest absolute Gasteiger partial charge is 0.146 e. The van der Waals surface area contributed by atoms with E-state index in [1.54, 1.807) is 6.07 Å². The Morgan fingerprint density at radius 1 is 1.20 bits per heavy atom. The minimum absolute atomic E-state index is 0.312. The highest BCUT2D eigenvalue weighted by Crippen LogP contribution is 2.21. The Balaban J connectivity index is 2.01. The Morgan fingerprint density at radius 3 is 2.85 bits per heavy atom. The molecule has 0 aliphatic carbocycles. The van der Waals surface area contributed by atoms with E-state index in [0.29, 0.717) is 23.9 Å². The molecule has 0 unspecified atom stereocenters. The van der Waals surface area contributed by atoms with E-state index in [0.717, 1.165) is 17.7 Å². The van der Waals surface area contributed by atoms with Crippen molar-refractivity contribution in [2.45, 2.75) is 19.9 Å². The molecule has 0 saturated carbocycles. The second-order valence-electron chi connectivity index (χ2n) is 4.47. The van der Waals surface area contributed by atoms with Gasteiger partial charge in [0.15, 0.2) is 0 Å². The second-order valence-corrected chi connectivity index (χ2v) is 4.91. The van der Waals surface area contributed by atoms with Gasteiger partial charge in [0, 0.05) is 11.6 Å². The third kappa shape index (κ3) is 4.14. The number of anilines is 1. The second kappa shape index (κ2) is 7.15. The van der Waals surface area contributed by atoms with E-state index < -0.39 is 0 Å². The molecule has 0 atom stereocenters. The third-order valence-corrected chi connectivity index (χ3v) is 3.02. The molecular weight excluding hydrogens is 277 g/mol. The molecule has 0 saturated heterocycles. The molecule has 2 nitrogen and oxygen atoms in total. The quantitative estimate of drug-likeness (QED) is 0.819. The Kier molecular flexibility index (Phi) is 5.24. The van der Waals surface area contributed by atoms with E-state index in [1.807, 2.05) is 24.3 Å². The number of hydrogen-bond donors (Lipinski definition) is 1. The maximum absolute atomic E-state index is 13.6. The topological polar surface area (TPSA) is 21.3 Å². The third-order valence-electron chi connectivity index (χ3n) is 2.78. The molecule has 0 spiro atoms. The number of benzene rings is 2. The van der Waals surface area contributed by atoms with E-state index in [-0.39, 0.29) is 5.82 Å². The molecule has 2 rings (SSSR count). The monoisotopic (exact) mass is 293 g/mol. The predicted octanol–water partition coefficient (Wildman–Crippen LogP) is 4.88. The van der Waals surface area contributed by atoms with Gasteiger partial charge in [-0.3, -0.25) is 0 Å². The molecule has 2 aromatic carbocycles. The van der Waals surface area contributed by atoms with Crippen LogP contribution in [0.25, 0.3) is 0 Å². The van der Waals surface area contributed by atoms with Crippen molar-refractivity contribution in [1.82, 2.24) is 0 Å². The van der Waals surface area contributed by atoms with Crippen molar-refractivity contribution in [3.8, 4) is 5.75 Å². The Morgan fingerprint density at radius 2 is 2.05 bits per heavy atom. The first-order valence-corrected chi connectivity index (χ1v) is 6.97. The number of rotatable bonds is 6. The van der Waals surface area contributed by atoms with Gasteiger partial charge >= 0.3 is 0 Å². The van der Waals surface area contributed by atoms with Crippen molar-refractivity contribution in [2.75, 3.05) is 11.9 Å². The Bertz CT molecular complexity index is 574. The fourth-order valence-electron chi connectivity index (χ4n) is 1.80. The van der Waals surface area contributed by atoms with E-state index in [4.69, 9.17) is 16.3 Å². The van der Waals surface area contributed by atoms with Crippen LogP contribution >= 0.6 is 11.6 Å². The normalized spacial score (nSPS) is 10.3. The average molecular weight is 294 g/mol.